The summed E-state index contributed by atoms with van der Waals surface area (Å²) in [6.45, 7) is -0.0247. The van der Waals surface area contributed by atoms with Gasteiger partial charge in [-0.05, 0) is 18.2 Å². The minimum atomic E-state index is -3.64. The van der Waals surface area contributed by atoms with Crippen molar-refractivity contribution in [3.63, 3.8) is 0 Å². The molecule has 0 aliphatic rings. The van der Waals surface area contributed by atoms with Gasteiger partial charge in [0.2, 0.25) is 10.0 Å². The highest BCUT2D eigenvalue weighted by Gasteiger charge is 2.20. The molecule has 3 N–H and O–H groups in total. The molecule has 16 heavy (non-hydrogen) atoms. The molecule has 0 radical (unpaired) electrons. The molecule has 0 amide bonds. The molecule has 0 spiro atoms. The van der Waals surface area contributed by atoms with Gasteiger partial charge in [0.1, 0.15) is 5.75 Å². The van der Waals surface area contributed by atoms with Crippen molar-refractivity contribution in [2.75, 3.05) is 19.3 Å². The zero-order chi connectivity index (χ0) is 12.3. The van der Waals surface area contributed by atoms with E-state index in [-0.39, 0.29) is 22.9 Å². The van der Waals surface area contributed by atoms with Crippen LogP contribution in [0.15, 0.2) is 23.1 Å². The van der Waals surface area contributed by atoms with Gasteiger partial charge in [0.05, 0.1) is 17.1 Å². The largest absolute Gasteiger partial charge is 0.506 e. The van der Waals surface area contributed by atoms with E-state index < -0.39 is 10.0 Å². The van der Waals surface area contributed by atoms with E-state index >= 15 is 0 Å². The summed E-state index contributed by atoms with van der Waals surface area (Å²) in [6, 6.07) is 3.69. The number of hydrogen-bond donors (Lipinski definition) is 2. The predicted molar refractivity (Wildman–Crippen MR) is 61.2 cm³/mol. The van der Waals surface area contributed by atoms with Crippen LogP contribution in [0.5, 0.6) is 5.75 Å². The van der Waals surface area contributed by atoms with Crippen molar-refractivity contribution < 1.29 is 13.5 Å². The lowest BCUT2D eigenvalue weighted by molar-refractivity contribution is 0.477. The summed E-state index contributed by atoms with van der Waals surface area (Å²) >= 11 is 0. The van der Waals surface area contributed by atoms with Crippen molar-refractivity contribution in [1.82, 2.24) is 4.31 Å². The Hall–Kier alpha value is -1.71. The maximum absolute atomic E-state index is 11.9. The topological polar surface area (TPSA) is 83.6 Å². The number of sulfonamides is 1. The summed E-state index contributed by atoms with van der Waals surface area (Å²) in [5.74, 6) is 2.08. The van der Waals surface area contributed by atoms with Gasteiger partial charge in [0.15, 0.2) is 0 Å². The van der Waals surface area contributed by atoms with Gasteiger partial charge in [-0.3, -0.25) is 0 Å². The van der Waals surface area contributed by atoms with Crippen molar-refractivity contribution in [2.24, 2.45) is 0 Å². The van der Waals surface area contributed by atoms with Gasteiger partial charge in [-0.1, -0.05) is 5.92 Å². The van der Waals surface area contributed by atoms with Gasteiger partial charge in [0.25, 0.3) is 0 Å². The highest BCUT2D eigenvalue weighted by molar-refractivity contribution is 7.89. The van der Waals surface area contributed by atoms with Crippen LogP contribution in [-0.4, -0.2) is 31.4 Å². The molecule has 0 bridgehead atoms. The molecule has 6 heteroatoms. The van der Waals surface area contributed by atoms with Crippen LogP contribution in [0.4, 0.5) is 5.69 Å². The van der Waals surface area contributed by atoms with E-state index in [2.05, 4.69) is 5.92 Å². The normalized spacial score (nSPS) is 11.3. The van der Waals surface area contributed by atoms with E-state index in [1.54, 1.807) is 0 Å². The van der Waals surface area contributed by atoms with E-state index in [9.17, 15) is 13.5 Å². The Labute approximate surface area is 94.5 Å². The Kier molecular flexibility index (Phi) is 3.42. The Balaban J connectivity index is 3.18. The fourth-order valence-electron chi connectivity index (χ4n) is 1.09. The molecule has 1 aromatic rings. The minimum absolute atomic E-state index is 0.000509. The number of nitrogens with zero attached hydrogens (tertiary/aromatic N) is 1. The molecule has 0 saturated heterocycles. The summed E-state index contributed by atoms with van der Waals surface area (Å²) in [7, 11) is -2.27. The second-order valence-electron chi connectivity index (χ2n) is 3.19. The van der Waals surface area contributed by atoms with Gasteiger partial charge < -0.3 is 10.8 Å². The average Bonchev–Trinajstić information content (AvgIpc) is 2.22. The second-order valence-corrected chi connectivity index (χ2v) is 5.23. The lowest BCUT2D eigenvalue weighted by Gasteiger charge is -2.14. The first kappa shape index (κ1) is 12.4. The molecule has 0 unspecified atom stereocenters. The van der Waals surface area contributed by atoms with Crippen LogP contribution in [0.1, 0.15) is 0 Å². The van der Waals surface area contributed by atoms with Gasteiger partial charge in [-0.2, -0.15) is 4.31 Å². The number of nitrogens with two attached hydrogens (primary N) is 1. The van der Waals surface area contributed by atoms with E-state index in [1.807, 2.05) is 0 Å². The third-order valence-corrected chi connectivity index (χ3v) is 3.82. The molecule has 0 aliphatic heterocycles. The molecule has 0 fully saturated rings. The third-order valence-electron chi connectivity index (χ3n) is 2.02. The monoisotopic (exact) mass is 240 g/mol. The fraction of sp³-hybridized carbons (Fsp3) is 0.200. The van der Waals surface area contributed by atoms with Crippen molar-refractivity contribution in [1.29, 1.82) is 0 Å². The lowest BCUT2D eigenvalue weighted by atomic mass is 10.3. The molecule has 0 saturated carbocycles. The highest BCUT2D eigenvalue weighted by Crippen LogP contribution is 2.24. The van der Waals surface area contributed by atoms with Crippen molar-refractivity contribution in [3.05, 3.63) is 18.2 Å². The lowest BCUT2D eigenvalue weighted by Crippen LogP contribution is -2.27. The van der Waals surface area contributed by atoms with Crippen molar-refractivity contribution in [3.8, 4) is 18.1 Å². The number of phenolic OH excluding ortho intramolecular Hbond substituents is 1. The van der Waals surface area contributed by atoms with Gasteiger partial charge in [0, 0.05) is 7.05 Å². The minimum Gasteiger partial charge on any atom is -0.506 e. The van der Waals surface area contributed by atoms with Crippen LogP contribution in [0.3, 0.4) is 0 Å². The van der Waals surface area contributed by atoms with E-state index in [0.717, 1.165) is 4.31 Å². The first-order chi connectivity index (χ1) is 7.39. The highest BCUT2D eigenvalue weighted by atomic mass is 32.2. The van der Waals surface area contributed by atoms with Crippen molar-refractivity contribution >= 4 is 15.7 Å². The van der Waals surface area contributed by atoms with Gasteiger partial charge >= 0.3 is 0 Å². The SMILES string of the molecule is C#CCN(C)S(=O)(=O)c1ccc(O)c(N)c1. The summed E-state index contributed by atoms with van der Waals surface area (Å²) in [5.41, 5.74) is 5.43. The predicted octanol–water partition coefficient (Wildman–Crippen LogP) is 0.228. The summed E-state index contributed by atoms with van der Waals surface area (Å²) in [4.78, 5) is 0.000509. The molecular weight excluding hydrogens is 228 g/mol. The van der Waals surface area contributed by atoms with Crippen molar-refractivity contribution in [2.45, 2.75) is 4.90 Å². The van der Waals surface area contributed by atoms with Crippen LogP contribution in [0.25, 0.3) is 0 Å². The Morgan fingerprint density at radius 2 is 2.19 bits per heavy atom. The fourth-order valence-corrected chi connectivity index (χ4v) is 2.21. The number of anilines is 1. The van der Waals surface area contributed by atoms with E-state index in [1.165, 1.54) is 25.2 Å². The van der Waals surface area contributed by atoms with E-state index in [0.29, 0.717) is 0 Å². The maximum atomic E-state index is 11.9. The Bertz CT molecular complexity index is 531. The number of phenols is 1. The molecule has 0 aromatic heterocycles. The second kappa shape index (κ2) is 4.43. The molecule has 0 heterocycles. The summed E-state index contributed by atoms with van der Waals surface area (Å²) in [5, 5.41) is 9.19. The Morgan fingerprint density at radius 3 is 2.69 bits per heavy atom. The zero-order valence-electron chi connectivity index (χ0n) is 8.71. The number of aromatic hydroxyl groups is 1. The van der Waals surface area contributed by atoms with Crippen LogP contribution in [-0.2, 0) is 10.0 Å². The Morgan fingerprint density at radius 1 is 1.56 bits per heavy atom. The molecular formula is C10H12N2O3S. The number of rotatable bonds is 3. The third kappa shape index (κ3) is 2.27. The quantitative estimate of drug-likeness (QED) is 0.450. The van der Waals surface area contributed by atoms with E-state index in [4.69, 9.17) is 12.2 Å². The zero-order valence-corrected chi connectivity index (χ0v) is 9.53. The van der Waals surface area contributed by atoms with Gasteiger partial charge in [-0.15, -0.1) is 6.42 Å². The molecule has 1 rings (SSSR count). The smallest absolute Gasteiger partial charge is 0.243 e. The van der Waals surface area contributed by atoms with Crippen LogP contribution < -0.4 is 5.73 Å². The van der Waals surface area contributed by atoms with Crippen LogP contribution in [0.2, 0.25) is 0 Å². The molecule has 1 aromatic carbocycles. The number of terminal acetylenes is 1. The molecule has 0 aliphatic carbocycles. The summed E-state index contributed by atoms with van der Waals surface area (Å²) < 4.78 is 24.8. The maximum Gasteiger partial charge on any atom is 0.243 e. The first-order valence-corrected chi connectivity index (χ1v) is 5.82. The number of nitrogen functional groups attached to an aromatic ring is 1. The van der Waals surface area contributed by atoms with Crippen LogP contribution in [0, 0.1) is 12.3 Å². The number of benzene rings is 1. The number of hydrogen-bond acceptors (Lipinski definition) is 4. The van der Waals surface area contributed by atoms with Crippen LogP contribution >= 0.6 is 0 Å². The average molecular weight is 240 g/mol. The summed E-state index contributed by atoms with van der Waals surface area (Å²) in [6.07, 6.45) is 5.04. The molecule has 86 valence electrons. The standard InChI is InChI=1S/C10H12N2O3S/c1-3-6-12(2)16(14,15)8-4-5-10(13)9(11)7-8/h1,4-5,7,13H,6,11H2,2H3. The molecule has 0 atom stereocenters. The van der Waals surface area contributed by atoms with Gasteiger partial charge in [-0.25, -0.2) is 8.42 Å². The molecule has 5 nitrogen and oxygen atoms in total. The first-order valence-electron chi connectivity index (χ1n) is 4.38.